The summed E-state index contributed by atoms with van der Waals surface area (Å²) in [6.45, 7) is 4.00. The summed E-state index contributed by atoms with van der Waals surface area (Å²) in [5, 5.41) is 13.9. The number of H-pyrrole nitrogens is 1. The zero-order valence-electron chi connectivity index (χ0n) is 18.7. The molecule has 34 heavy (non-hydrogen) atoms. The van der Waals surface area contributed by atoms with E-state index in [1.165, 1.54) is 6.33 Å². The molecule has 5 rings (SSSR count). The van der Waals surface area contributed by atoms with Gasteiger partial charge in [0.2, 0.25) is 24.1 Å². The highest BCUT2D eigenvalue weighted by atomic mass is 16.4. The molecule has 0 saturated carbocycles. The number of rotatable bonds is 6. The maximum absolute atomic E-state index is 12.3. The molecule has 0 radical (unpaired) electrons. The average molecular weight is 458 g/mol. The monoisotopic (exact) mass is 458 g/mol. The first kappa shape index (κ1) is 22.4. The number of benzene rings is 2. The van der Waals surface area contributed by atoms with Crippen LogP contribution in [0.5, 0.6) is 0 Å². The molecule has 0 aliphatic rings. The van der Waals surface area contributed by atoms with Gasteiger partial charge in [0.05, 0.1) is 17.7 Å². The Hall–Kier alpha value is -4.80. The van der Waals surface area contributed by atoms with Crippen LogP contribution in [-0.4, -0.2) is 36.1 Å². The Bertz CT molecular complexity index is 1490. The molecule has 0 spiro atoms. The normalized spacial score (nSPS) is 10.4. The number of amides is 1. The lowest BCUT2D eigenvalue weighted by molar-refractivity contribution is -0.105. The molecule has 11 nitrogen and oxygen atoms in total. The number of fused-ring (bicyclic) bond motifs is 1. The van der Waals surface area contributed by atoms with Gasteiger partial charge in [0.25, 0.3) is 5.56 Å². The summed E-state index contributed by atoms with van der Waals surface area (Å²) >= 11 is 0. The van der Waals surface area contributed by atoms with Crippen molar-refractivity contribution < 1.29 is 9.21 Å². The van der Waals surface area contributed by atoms with Crippen LogP contribution in [0.4, 0.5) is 17.3 Å². The summed E-state index contributed by atoms with van der Waals surface area (Å²) in [6.07, 6.45) is 2.07. The molecule has 0 saturated heterocycles. The Morgan fingerprint density at radius 1 is 1.00 bits per heavy atom. The second-order valence-electron chi connectivity index (χ2n) is 6.87. The molecule has 0 aliphatic carbocycles. The summed E-state index contributed by atoms with van der Waals surface area (Å²) in [7, 11) is 1.74. The quantitative estimate of drug-likeness (QED) is 0.327. The fraction of sp³-hybridized carbons (Fsp3) is 0.130. The van der Waals surface area contributed by atoms with Crippen molar-refractivity contribution in [2.24, 2.45) is 7.05 Å². The van der Waals surface area contributed by atoms with E-state index >= 15 is 0 Å². The predicted molar refractivity (Wildman–Crippen MR) is 129 cm³/mol. The van der Waals surface area contributed by atoms with E-state index in [0.717, 1.165) is 5.56 Å². The van der Waals surface area contributed by atoms with E-state index in [9.17, 15) is 9.59 Å². The first-order chi connectivity index (χ1) is 16.6. The number of nitrogens with zero attached hydrogens (tertiary/aromatic N) is 5. The highest BCUT2D eigenvalue weighted by Gasteiger charge is 2.14. The van der Waals surface area contributed by atoms with Crippen molar-refractivity contribution in [2.45, 2.75) is 13.8 Å². The Morgan fingerprint density at radius 2 is 1.74 bits per heavy atom. The number of aromatic nitrogens is 6. The Balaban J connectivity index is 0.00000133. The second kappa shape index (κ2) is 9.77. The number of hydrogen-bond donors (Lipinski definition) is 3. The van der Waals surface area contributed by atoms with E-state index in [0.29, 0.717) is 40.8 Å². The summed E-state index contributed by atoms with van der Waals surface area (Å²) < 4.78 is 7.46. The van der Waals surface area contributed by atoms with Gasteiger partial charge in [-0.3, -0.25) is 14.6 Å². The second-order valence-corrected chi connectivity index (χ2v) is 6.87. The molecule has 0 fully saturated rings. The topological polar surface area (TPSA) is 144 Å². The minimum absolute atomic E-state index is 0.188. The summed E-state index contributed by atoms with van der Waals surface area (Å²) in [5.41, 5.74) is 2.62. The van der Waals surface area contributed by atoms with E-state index < -0.39 is 0 Å². The van der Waals surface area contributed by atoms with Gasteiger partial charge in [0.1, 0.15) is 0 Å². The van der Waals surface area contributed by atoms with Gasteiger partial charge >= 0.3 is 0 Å². The molecule has 1 amide bonds. The first-order valence-corrected chi connectivity index (χ1v) is 10.5. The Labute approximate surface area is 193 Å². The van der Waals surface area contributed by atoms with Gasteiger partial charge in [0.15, 0.2) is 11.2 Å². The molecule has 3 aromatic heterocycles. The third-order valence-electron chi connectivity index (χ3n) is 4.75. The number of hydrogen-bond acceptors (Lipinski definition) is 8. The average Bonchev–Trinajstić information content (AvgIpc) is 3.50. The van der Waals surface area contributed by atoms with Gasteiger partial charge in [-0.1, -0.05) is 32.0 Å². The molecule has 3 N–H and O–H groups in total. The lowest BCUT2D eigenvalue weighted by Crippen LogP contribution is -2.12. The Morgan fingerprint density at radius 3 is 2.47 bits per heavy atom. The zero-order valence-corrected chi connectivity index (χ0v) is 18.7. The number of aromatic amines is 1. The zero-order chi connectivity index (χ0) is 24.1. The number of anilines is 3. The van der Waals surface area contributed by atoms with Crippen molar-refractivity contribution >= 4 is 34.9 Å². The third-order valence-corrected chi connectivity index (χ3v) is 4.75. The summed E-state index contributed by atoms with van der Waals surface area (Å²) in [5.74, 6) is 0.874. The van der Waals surface area contributed by atoms with E-state index in [1.807, 2.05) is 44.2 Å². The first-order valence-electron chi connectivity index (χ1n) is 10.5. The number of nitrogens with one attached hydrogen (secondary N) is 3. The lowest BCUT2D eigenvalue weighted by atomic mass is 10.1. The van der Waals surface area contributed by atoms with Crippen molar-refractivity contribution in [3.63, 3.8) is 0 Å². The Kier molecular flexibility index (Phi) is 6.44. The fourth-order valence-electron chi connectivity index (χ4n) is 3.21. The molecule has 0 atom stereocenters. The lowest BCUT2D eigenvalue weighted by Gasteiger charge is -2.11. The molecule has 2 aromatic carbocycles. The number of carbonyl (C=O) groups is 1. The van der Waals surface area contributed by atoms with Gasteiger partial charge in [-0.15, -0.1) is 10.2 Å². The van der Waals surface area contributed by atoms with Crippen molar-refractivity contribution in [2.75, 3.05) is 10.6 Å². The van der Waals surface area contributed by atoms with Gasteiger partial charge in [-0.2, -0.15) is 4.98 Å². The van der Waals surface area contributed by atoms with Gasteiger partial charge < -0.3 is 19.6 Å². The van der Waals surface area contributed by atoms with E-state index in [1.54, 1.807) is 29.8 Å². The van der Waals surface area contributed by atoms with Crippen molar-refractivity contribution in [3.05, 3.63) is 65.2 Å². The van der Waals surface area contributed by atoms with Gasteiger partial charge in [-0.25, -0.2) is 4.98 Å². The van der Waals surface area contributed by atoms with E-state index in [2.05, 4.69) is 35.8 Å². The predicted octanol–water partition coefficient (Wildman–Crippen LogP) is 3.71. The number of carbonyl (C=O) groups excluding carboxylic acids is 1. The minimum atomic E-state index is -0.386. The summed E-state index contributed by atoms with van der Waals surface area (Å²) in [4.78, 5) is 34.5. The van der Waals surface area contributed by atoms with Crippen LogP contribution in [0, 0.1) is 0 Å². The molecule has 5 aromatic rings. The van der Waals surface area contributed by atoms with Gasteiger partial charge in [0, 0.05) is 18.2 Å². The molecular weight excluding hydrogens is 436 g/mol. The number of aryl methyl sites for hydroxylation is 1. The van der Waals surface area contributed by atoms with Crippen LogP contribution in [-0.2, 0) is 11.8 Å². The molecule has 11 heteroatoms. The molecule has 0 unspecified atom stereocenters. The molecule has 0 aliphatic heterocycles. The maximum atomic E-state index is 12.3. The highest BCUT2D eigenvalue weighted by molar-refractivity contribution is 5.85. The van der Waals surface area contributed by atoms with Crippen LogP contribution in [0.3, 0.4) is 0 Å². The smallest absolute Gasteiger partial charge is 0.280 e. The standard InChI is InChI=1S/C21H16N8O3.C2H6/c1-29-10-22-16-17(29)25-21(26-18(16)31)24-15-9-13(7-8-14(15)23-11-30)20-28-27-19(32-20)12-5-3-2-4-6-12;1-2/h2-11H,1H3,(H,23,30)(H2,24,25,26,31);1-2H3. The third kappa shape index (κ3) is 4.39. The minimum Gasteiger partial charge on any atom is -0.416 e. The van der Waals surface area contributed by atoms with Crippen LogP contribution in [0.2, 0.25) is 0 Å². The number of imidazole rings is 1. The highest BCUT2D eigenvalue weighted by Crippen LogP contribution is 2.31. The molecule has 172 valence electrons. The molecular formula is C23H22N8O3. The van der Waals surface area contributed by atoms with Crippen LogP contribution in [0.1, 0.15) is 13.8 Å². The molecule has 0 bridgehead atoms. The SMILES string of the molecule is CC.Cn1cnc2c(=O)[nH]c(Nc3cc(-c4nnc(-c5ccccc5)o4)ccc3NC=O)nc21. The fourth-order valence-corrected chi connectivity index (χ4v) is 3.21. The van der Waals surface area contributed by atoms with E-state index in [-0.39, 0.29) is 17.0 Å². The largest absolute Gasteiger partial charge is 0.416 e. The maximum Gasteiger partial charge on any atom is 0.280 e. The van der Waals surface area contributed by atoms with Crippen molar-refractivity contribution in [1.29, 1.82) is 0 Å². The molecule has 3 heterocycles. The summed E-state index contributed by atoms with van der Waals surface area (Å²) in [6, 6.07) is 14.5. The van der Waals surface area contributed by atoms with Crippen LogP contribution < -0.4 is 16.2 Å². The van der Waals surface area contributed by atoms with Crippen molar-refractivity contribution in [3.8, 4) is 22.9 Å². The van der Waals surface area contributed by atoms with Crippen LogP contribution >= 0.6 is 0 Å². The van der Waals surface area contributed by atoms with Gasteiger partial charge in [-0.05, 0) is 30.3 Å². The van der Waals surface area contributed by atoms with Crippen molar-refractivity contribution in [1.82, 2.24) is 29.7 Å². The van der Waals surface area contributed by atoms with Crippen LogP contribution in [0.25, 0.3) is 34.1 Å². The van der Waals surface area contributed by atoms with Crippen LogP contribution in [0.15, 0.2) is 64.1 Å². The van der Waals surface area contributed by atoms with E-state index in [4.69, 9.17) is 4.42 Å².